The molecule has 7 nitrogen and oxygen atoms in total. The van der Waals surface area contributed by atoms with E-state index in [0.717, 1.165) is 74.1 Å². The lowest BCUT2D eigenvalue weighted by Crippen LogP contribution is -2.34. The van der Waals surface area contributed by atoms with Gasteiger partial charge in [0.2, 0.25) is 0 Å². The number of benzene rings is 1. The van der Waals surface area contributed by atoms with Gasteiger partial charge in [0.25, 0.3) is 10.0 Å². The van der Waals surface area contributed by atoms with E-state index in [-0.39, 0.29) is 6.04 Å². The molecule has 5 rings (SSSR count). The van der Waals surface area contributed by atoms with E-state index in [9.17, 15) is 13.2 Å². The Bertz CT molecular complexity index is 1090. The minimum Gasteiger partial charge on any atom is -0.342 e. The normalized spacial score (nSPS) is 20.3. The topological polar surface area (TPSA) is 91.4 Å². The highest BCUT2D eigenvalue weighted by molar-refractivity contribution is 7.92. The number of rotatable bonds is 5. The van der Waals surface area contributed by atoms with E-state index in [0.29, 0.717) is 0 Å². The van der Waals surface area contributed by atoms with E-state index in [1.165, 1.54) is 22.3 Å². The van der Waals surface area contributed by atoms with Crippen molar-refractivity contribution in [2.45, 2.75) is 57.4 Å². The Morgan fingerprint density at radius 1 is 1.13 bits per heavy atom. The number of anilines is 2. The van der Waals surface area contributed by atoms with Crippen LogP contribution in [-0.2, 0) is 35.7 Å². The van der Waals surface area contributed by atoms with Crippen molar-refractivity contribution in [3.05, 3.63) is 51.4 Å². The van der Waals surface area contributed by atoms with Crippen LogP contribution in [0.1, 0.15) is 47.9 Å². The summed E-state index contributed by atoms with van der Waals surface area (Å²) in [5, 5.41) is 6.79. The van der Waals surface area contributed by atoms with E-state index < -0.39 is 16.1 Å². The smallest absolute Gasteiger partial charge is 0.333 e. The number of aromatic nitrogens is 1. The van der Waals surface area contributed by atoms with Gasteiger partial charge in [-0.1, -0.05) is 6.07 Å². The van der Waals surface area contributed by atoms with Gasteiger partial charge in [0.05, 0.1) is 6.04 Å². The number of fused-ring (bicyclic) bond motifs is 2. The largest absolute Gasteiger partial charge is 0.342 e. The van der Waals surface area contributed by atoms with Crippen molar-refractivity contribution in [2.75, 3.05) is 16.8 Å². The maximum atomic E-state index is 12.6. The van der Waals surface area contributed by atoms with Gasteiger partial charge in [-0.15, -0.1) is 11.3 Å². The van der Waals surface area contributed by atoms with Crippen molar-refractivity contribution >= 4 is 38.2 Å². The molecule has 2 amide bonds. The second kappa shape index (κ2) is 8.27. The number of urea groups is 1. The molecule has 2 aromatic rings. The minimum atomic E-state index is -3.90. The Morgan fingerprint density at radius 3 is 2.55 bits per heavy atom. The lowest BCUT2D eigenvalue weighted by molar-refractivity contribution is 0.256. The Balaban J connectivity index is 1.28. The highest BCUT2D eigenvalue weighted by atomic mass is 32.2. The van der Waals surface area contributed by atoms with Gasteiger partial charge in [0.15, 0.2) is 5.13 Å². The Kier molecular flexibility index (Phi) is 5.47. The third kappa shape index (κ3) is 4.21. The summed E-state index contributed by atoms with van der Waals surface area (Å²) in [6, 6.07) is 1.55. The van der Waals surface area contributed by atoms with Crippen molar-refractivity contribution in [2.24, 2.45) is 0 Å². The molecule has 2 aliphatic carbocycles. The van der Waals surface area contributed by atoms with E-state index in [1.54, 1.807) is 23.6 Å². The predicted octanol–water partition coefficient (Wildman–Crippen LogP) is 3.75. The molecule has 0 saturated carbocycles. The second-order valence-corrected chi connectivity index (χ2v) is 10.8. The van der Waals surface area contributed by atoms with Crippen molar-refractivity contribution < 1.29 is 13.2 Å². The molecule has 164 valence electrons. The molecule has 1 aromatic carbocycles. The molecule has 3 aliphatic rings. The quantitative estimate of drug-likeness (QED) is 0.712. The van der Waals surface area contributed by atoms with Gasteiger partial charge >= 0.3 is 6.03 Å². The number of nitrogens with zero attached hydrogens (tertiary/aromatic N) is 2. The van der Waals surface area contributed by atoms with Gasteiger partial charge in [0.1, 0.15) is 0 Å². The molecule has 1 aliphatic heterocycles. The molecule has 0 unspecified atom stereocenters. The van der Waals surface area contributed by atoms with Crippen LogP contribution >= 0.6 is 11.3 Å². The summed E-state index contributed by atoms with van der Waals surface area (Å²) >= 11 is 1.54. The molecule has 1 saturated heterocycles. The van der Waals surface area contributed by atoms with Crippen molar-refractivity contribution in [1.82, 2.24) is 9.71 Å². The van der Waals surface area contributed by atoms with Crippen molar-refractivity contribution in [3.63, 3.8) is 0 Å². The molecule has 1 fully saturated rings. The number of sulfonamides is 1. The standard InChI is InChI=1S/C22H26N4O3S2/c27-21(24-20-18-7-1-4-15(18)14-16-5-2-8-19(16)20)25-31(28,29)13-9-17-6-3-11-26(17)22-23-10-12-30-22/h9-10,12-14,17H,1-8,11H2,(H2,24,25,27)/b13-9+/t17-/m0/s1. The SMILES string of the molecule is O=C(Nc1c2c(cc3c1CCC3)CCC2)NS(=O)(=O)/C=C/[C@@H]1CCCN1c1nccs1. The second-order valence-electron chi connectivity index (χ2n) is 8.38. The fourth-order valence-electron chi connectivity index (χ4n) is 5.05. The van der Waals surface area contributed by atoms with Gasteiger partial charge in [-0.3, -0.25) is 0 Å². The molecule has 9 heteroatoms. The third-order valence-electron chi connectivity index (χ3n) is 6.39. The molecular formula is C22H26N4O3S2. The number of amides is 2. The summed E-state index contributed by atoms with van der Waals surface area (Å²) in [6.07, 6.45) is 11.3. The fourth-order valence-corrected chi connectivity index (χ4v) is 6.54. The Labute approximate surface area is 186 Å². The summed E-state index contributed by atoms with van der Waals surface area (Å²) in [4.78, 5) is 19.1. The molecule has 0 bridgehead atoms. The third-order valence-corrected chi connectivity index (χ3v) is 8.18. The molecule has 0 radical (unpaired) electrons. The average Bonchev–Trinajstić information content (AvgIpc) is 3.52. The fraction of sp³-hybridized carbons (Fsp3) is 0.455. The summed E-state index contributed by atoms with van der Waals surface area (Å²) in [5.41, 5.74) is 5.77. The van der Waals surface area contributed by atoms with E-state index in [2.05, 4.69) is 26.0 Å². The summed E-state index contributed by atoms with van der Waals surface area (Å²) in [7, 11) is -3.90. The molecule has 0 spiro atoms. The number of thiazole rings is 1. The van der Waals surface area contributed by atoms with Gasteiger partial charge in [-0.25, -0.2) is 22.9 Å². The maximum Gasteiger partial charge on any atom is 0.333 e. The van der Waals surface area contributed by atoms with E-state index in [4.69, 9.17) is 0 Å². The van der Waals surface area contributed by atoms with E-state index in [1.807, 2.05) is 5.38 Å². The molecule has 2 heterocycles. The number of hydrogen-bond donors (Lipinski definition) is 2. The first-order chi connectivity index (χ1) is 15.0. The Morgan fingerprint density at radius 2 is 1.87 bits per heavy atom. The molecule has 31 heavy (non-hydrogen) atoms. The lowest BCUT2D eigenvalue weighted by Gasteiger charge is -2.21. The van der Waals surface area contributed by atoms with Crippen LogP contribution in [0.3, 0.4) is 0 Å². The van der Waals surface area contributed by atoms with Crippen LogP contribution in [0.2, 0.25) is 0 Å². The number of carbonyl (C=O) groups is 1. The minimum absolute atomic E-state index is 0.0357. The first-order valence-corrected chi connectivity index (χ1v) is 13.3. The van der Waals surface area contributed by atoms with Crippen LogP contribution in [0.4, 0.5) is 15.6 Å². The van der Waals surface area contributed by atoms with Gasteiger partial charge in [-0.05, 0) is 79.7 Å². The zero-order chi connectivity index (χ0) is 21.4. The number of carbonyl (C=O) groups excluding carboxylic acids is 1. The Hall–Kier alpha value is -2.39. The van der Waals surface area contributed by atoms with Crippen LogP contribution in [0.5, 0.6) is 0 Å². The van der Waals surface area contributed by atoms with Crippen LogP contribution in [0, 0.1) is 0 Å². The summed E-state index contributed by atoms with van der Waals surface area (Å²) in [6.45, 7) is 0.848. The summed E-state index contributed by atoms with van der Waals surface area (Å²) in [5.74, 6) is 0. The molecular weight excluding hydrogens is 432 g/mol. The van der Waals surface area contributed by atoms with Crippen LogP contribution in [-0.4, -0.2) is 32.0 Å². The molecule has 1 atom stereocenters. The lowest BCUT2D eigenvalue weighted by atomic mass is 9.99. The monoisotopic (exact) mass is 458 g/mol. The maximum absolute atomic E-state index is 12.6. The van der Waals surface area contributed by atoms with Crippen molar-refractivity contribution in [3.8, 4) is 0 Å². The average molecular weight is 459 g/mol. The van der Waals surface area contributed by atoms with Crippen LogP contribution < -0.4 is 14.9 Å². The highest BCUT2D eigenvalue weighted by Crippen LogP contribution is 2.38. The first-order valence-electron chi connectivity index (χ1n) is 10.8. The number of aryl methyl sites for hydroxylation is 2. The van der Waals surface area contributed by atoms with Gasteiger partial charge < -0.3 is 10.2 Å². The molecule has 2 N–H and O–H groups in total. The first kappa shape index (κ1) is 20.5. The van der Waals surface area contributed by atoms with Gasteiger partial charge in [-0.2, -0.15) is 0 Å². The molecule has 1 aromatic heterocycles. The predicted molar refractivity (Wildman–Crippen MR) is 123 cm³/mol. The zero-order valence-electron chi connectivity index (χ0n) is 17.3. The van der Waals surface area contributed by atoms with Crippen LogP contribution in [0.25, 0.3) is 0 Å². The number of hydrogen-bond acceptors (Lipinski definition) is 6. The van der Waals surface area contributed by atoms with Gasteiger partial charge in [0, 0.05) is 29.2 Å². The van der Waals surface area contributed by atoms with E-state index >= 15 is 0 Å². The highest BCUT2D eigenvalue weighted by Gasteiger charge is 2.27. The zero-order valence-corrected chi connectivity index (χ0v) is 18.9. The van der Waals surface area contributed by atoms with Crippen molar-refractivity contribution in [1.29, 1.82) is 0 Å². The number of nitrogens with one attached hydrogen (secondary N) is 2. The van der Waals surface area contributed by atoms with Crippen LogP contribution in [0.15, 0.2) is 29.1 Å². The summed E-state index contributed by atoms with van der Waals surface area (Å²) < 4.78 is 27.3.